The van der Waals surface area contributed by atoms with E-state index in [-0.39, 0.29) is 18.4 Å². The molecule has 7 nitrogen and oxygen atoms in total. The Morgan fingerprint density at radius 3 is 2.72 bits per heavy atom. The maximum atomic E-state index is 12.2. The average molecular weight is 341 g/mol. The van der Waals surface area contributed by atoms with Crippen LogP contribution in [0.3, 0.4) is 0 Å². The molecule has 0 atom stereocenters. The third-order valence-electron chi connectivity index (χ3n) is 3.73. The number of fused-ring (bicyclic) bond motifs is 1. The zero-order chi connectivity index (χ0) is 17.6. The molecule has 0 aliphatic carbocycles. The molecule has 3 rings (SSSR count). The van der Waals surface area contributed by atoms with Crippen LogP contribution in [0.2, 0.25) is 0 Å². The Kier molecular flexibility index (Phi) is 5.13. The highest BCUT2D eigenvalue weighted by Gasteiger charge is 2.19. The largest absolute Gasteiger partial charge is 0.486 e. The van der Waals surface area contributed by atoms with E-state index in [9.17, 15) is 9.59 Å². The molecule has 1 aromatic heterocycles. The minimum atomic E-state index is -0.256. The molecular formula is C18H19N3O4. The number of hydrogen-bond acceptors (Lipinski definition) is 5. The van der Waals surface area contributed by atoms with Gasteiger partial charge in [0, 0.05) is 37.6 Å². The fourth-order valence-corrected chi connectivity index (χ4v) is 2.49. The maximum Gasteiger partial charge on any atom is 0.240 e. The summed E-state index contributed by atoms with van der Waals surface area (Å²) >= 11 is 0. The Labute approximate surface area is 145 Å². The standard InChI is InChI=1S/C18H19N3O4/c1-13(22)21(12-18(23)20-11-14-3-2-6-19-10-14)15-4-5-16-17(9-15)25-8-7-24-16/h2-6,9-10H,7-8,11-12H2,1H3,(H,20,23). The smallest absolute Gasteiger partial charge is 0.240 e. The lowest BCUT2D eigenvalue weighted by Gasteiger charge is -2.24. The first-order valence-electron chi connectivity index (χ1n) is 7.97. The molecule has 0 saturated carbocycles. The van der Waals surface area contributed by atoms with Crippen molar-refractivity contribution in [1.82, 2.24) is 10.3 Å². The summed E-state index contributed by atoms with van der Waals surface area (Å²) in [5.41, 5.74) is 1.48. The van der Waals surface area contributed by atoms with Gasteiger partial charge >= 0.3 is 0 Å². The molecule has 1 aliphatic heterocycles. The van der Waals surface area contributed by atoms with Crippen molar-refractivity contribution in [3.8, 4) is 11.5 Å². The normalized spacial score (nSPS) is 12.4. The number of aromatic nitrogens is 1. The van der Waals surface area contributed by atoms with Gasteiger partial charge in [-0.2, -0.15) is 0 Å². The van der Waals surface area contributed by atoms with Crippen LogP contribution < -0.4 is 19.7 Å². The summed E-state index contributed by atoms with van der Waals surface area (Å²) in [6.07, 6.45) is 3.36. The number of benzene rings is 1. The third-order valence-corrected chi connectivity index (χ3v) is 3.73. The average Bonchev–Trinajstić information content (AvgIpc) is 2.64. The van der Waals surface area contributed by atoms with Gasteiger partial charge in [0.2, 0.25) is 11.8 Å². The number of carbonyl (C=O) groups excluding carboxylic acids is 2. The fourth-order valence-electron chi connectivity index (χ4n) is 2.49. The second-order valence-corrected chi connectivity index (χ2v) is 5.57. The van der Waals surface area contributed by atoms with E-state index in [4.69, 9.17) is 9.47 Å². The SMILES string of the molecule is CC(=O)N(CC(=O)NCc1cccnc1)c1ccc2c(c1)OCCO2. The first-order valence-corrected chi connectivity index (χ1v) is 7.97. The van der Waals surface area contributed by atoms with Gasteiger partial charge in [-0.1, -0.05) is 6.07 Å². The van der Waals surface area contributed by atoms with E-state index >= 15 is 0 Å². The monoisotopic (exact) mass is 341 g/mol. The minimum absolute atomic E-state index is 0.0742. The number of nitrogens with one attached hydrogen (secondary N) is 1. The topological polar surface area (TPSA) is 80.8 Å². The molecule has 2 heterocycles. The summed E-state index contributed by atoms with van der Waals surface area (Å²) in [5.74, 6) is 0.729. The number of hydrogen-bond donors (Lipinski definition) is 1. The molecule has 0 bridgehead atoms. The number of rotatable bonds is 5. The lowest BCUT2D eigenvalue weighted by molar-refractivity contribution is -0.123. The van der Waals surface area contributed by atoms with Gasteiger partial charge in [0.1, 0.15) is 19.8 Å². The molecule has 130 valence electrons. The van der Waals surface area contributed by atoms with Crippen molar-refractivity contribution in [3.63, 3.8) is 0 Å². The molecule has 1 aliphatic rings. The van der Waals surface area contributed by atoms with E-state index in [1.54, 1.807) is 36.7 Å². The molecule has 0 radical (unpaired) electrons. The van der Waals surface area contributed by atoms with Crippen LogP contribution in [0.4, 0.5) is 5.69 Å². The molecule has 0 spiro atoms. The van der Waals surface area contributed by atoms with Gasteiger partial charge in [-0.15, -0.1) is 0 Å². The van der Waals surface area contributed by atoms with Crippen LogP contribution in [-0.2, 0) is 16.1 Å². The van der Waals surface area contributed by atoms with Crippen molar-refractivity contribution in [2.75, 3.05) is 24.7 Å². The molecule has 0 fully saturated rings. The van der Waals surface area contributed by atoms with Gasteiger partial charge < -0.3 is 19.7 Å². The van der Waals surface area contributed by atoms with Gasteiger partial charge in [0.15, 0.2) is 11.5 Å². The van der Waals surface area contributed by atoms with Crippen molar-refractivity contribution >= 4 is 17.5 Å². The number of amides is 2. The molecule has 1 aromatic carbocycles. The van der Waals surface area contributed by atoms with E-state index in [1.165, 1.54) is 11.8 Å². The number of pyridine rings is 1. The zero-order valence-electron chi connectivity index (χ0n) is 13.9. The highest BCUT2D eigenvalue weighted by Crippen LogP contribution is 2.34. The summed E-state index contributed by atoms with van der Waals surface area (Å²) in [5, 5.41) is 2.79. The van der Waals surface area contributed by atoms with Crippen molar-refractivity contribution < 1.29 is 19.1 Å². The van der Waals surface area contributed by atoms with Gasteiger partial charge in [-0.3, -0.25) is 14.6 Å². The lowest BCUT2D eigenvalue weighted by atomic mass is 10.2. The van der Waals surface area contributed by atoms with Crippen molar-refractivity contribution in [1.29, 1.82) is 0 Å². The molecule has 25 heavy (non-hydrogen) atoms. The summed E-state index contributed by atoms with van der Waals surface area (Å²) in [4.78, 5) is 29.6. The van der Waals surface area contributed by atoms with Crippen LogP contribution in [0.1, 0.15) is 12.5 Å². The second kappa shape index (κ2) is 7.65. The zero-order valence-corrected chi connectivity index (χ0v) is 13.9. The van der Waals surface area contributed by atoms with Crippen LogP contribution in [0.5, 0.6) is 11.5 Å². The number of nitrogens with zero attached hydrogens (tertiary/aromatic N) is 2. The highest BCUT2D eigenvalue weighted by atomic mass is 16.6. The first-order chi connectivity index (χ1) is 12.1. The summed E-state index contributed by atoms with van der Waals surface area (Å²) < 4.78 is 11.0. The van der Waals surface area contributed by atoms with E-state index < -0.39 is 0 Å². The maximum absolute atomic E-state index is 12.2. The van der Waals surface area contributed by atoms with E-state index in [1.807, 2.05) is 6.07 Å². The summed E-state index contributed by atoms with van der Waals surface area (Å²) in [6, 6.07) is 8.87. The minimum Gasteiger partial charge on any atom is -0.486 e. The highest BCUT2D eigenvalue weighted by molar-refractivity contribution is 5.97. The van der Waals surface area contributed by atoms with Crippen LogP contribution in [0.25, 0.3) is 0 Å². The van der Waals surface area contributed by atoms with Crippen LogP contribution >= 0.6 is 0 Å². The second-order valence-electron chi connectivity index (χ2n) is 5.57. The first kappa shape index (κ1) is 16.8. The van der Waals surface area contributed by atoms with Crippen molar-refractivity contribution in [2.45, 2.75) is 13.5 Å². The predicted octanol–water partition coefficient (Wildman–Crippen LogP) is 1.52. The Morgan fingerprint density at radius 2 is 2.00 bits per heavy atom. The molecule has 0 saturated heterocycles. The van der Waals surface area contributed by atoms with Crippen molar-refractivity contribution in [3.05, 3.63) is 48.3 Å². The molecule has 7 heteroatoms. The van der Waals surface area contributed by atoms with Gasteiger partial charge in [-0.05, 0) is 23.8 Å². The van der Waals surface area contributed by atoms with Crippen LogP contribution in [-0.4, -0.2) is 36.6 Å². The Hall–Kier alpha value is -3.09. The molecule has 2 aromatic rings. The molecule has 2 amide bonds. The molecule has 0 unspecified atom stereocenters. The van der Waals surface area contributed by atoms with E-state index in [0.29, 0.717) is 36.9 Å². The number of carbonyl (C=O) groups is 2. The Bertz CT molecular complexity index is 764. The van der Waals surface area contributed by atoms with E-state index in [2.05, 4.69) is 10.3 Å². The van der Waals surface area contributed by atoms with E-state index in [0.717, 1.165) is 5.56 Å². The lowest BCUT2D eigenvalue weighted by Crippen LogP contribution is -2.39. The summed E-state index contributed by atoms with van der Waals surface area (Å²) in [7, 11) is 0. The Morgan fingerprint density at radius 1 is 1.20 bits per heavy atom. The van der Waals surface area contributed by atoms with Gasteiger partial charge in [-0.25, -0.2) is 0 Å². The van der Waals surface area contributed by atoms with Crippen LogP contribution in [0.15, 0.2) is 42.7 Å². The number of ether oxygens (including phenoxy) is 2. The van der Waals surface area contributed by atoms with Crippen LogP contribution in [0, 0.1) is 0 Å². The predicted molar refractivity (Wildman–Crippen MR) is 91.5 cm³/mol. The molecule has 1 N–H and O–H groups in total. The van der Waals surface area contributed by atoms with Crippen molar-refractivity contribution in [2.24, 2.45) is 0 Å². The van der Waals surface area contributed by atoms with Gasteiger partial charge in [0.05, 0.1) is 0 Å². The fraction of sp³-hybridized carbons (Fsp3) is 0.278. The molecular weight excluding hydrogens is 322 g/mol. The van der Waals surface area contributed by atoms with Gasteiger partial charge in [0.25, 0.3) is 0 Å². The summed E-state index contributed by atoms with van der Waals surface area (Å²) in [6.45, 7) is 2.67. The Balaban J connectivity index is 1.67. The third kappa shape index (κ3) is 4.26. The number of anilines is 1. The quantitative estimate of drug-likeness (QED) is 0.892.